The first-order valence-electron chi connectivity index (χ1n) is 17.8. The van der Waals surface area contributed by atoms with Crippen molar-refractivity contribution in [1.82, 2.24) is 21.2 Å². The summed E-state index contributed by atoms with van der Waals surface area (Å²) in [6, 6.07) is 24.1. The maximum absolute atomic E-state index is 13.6. The largest absolute Gasteiger partial charge is 0.444 e. The number of hydrazine groups is 1. The van der Waals surface area contributed by atoms with Crippen LogP contribution in [0, 0.1) is 17.8 Å². The highest BCUT2D eigenvalue weighted by molar-refractivity contribution is 5.98. The van der Waals surface area contributed by atoms with Gasteiger partial charge in [0.25, 0.3) is 11.8 Å². The van der Waals surface area contributed by atoms with Gasteiger partial charge in [0.15, 0.2) is 0 Å². The molecule has 1 heterocycles. The number of hydrogen-bond donors (Lipinski definition) is 3. The topological polar surface area (TPSA) is 136 Å². The highest BCUT2D eigenvalue weighted by Crippen LogP contribution is 2.61. The minimum absolute atomic E-state index is 0.0351. The van der Waals surface area contributed by atoms with Crippen molar-refractivity contribution in [3.8, 4) is 5.75 Å². The van der Waals surface area contributed by atoms with Crippen LogP contribution in [0.25, 0.3) is 10.9 Å². The Labute approximate surface area is 297 Å². The molecule has 8 rings (SSSR count). The van der Waals surface area contributed by atoms with E-state index in [4.69, 9.17) is 14.5 Å². The third-order valence-corrected chi connectivity index (χ3v) is 10.4. The van der Waals surface area contributed by atoms with E-state index < -0.39 is 35.5 Å². The normalized spacial score (nSPS) is 22.5. The number of rotatable bonds is 8. The lowest BCUT2D eigenvalue weighted by molar-refractivity contribution is -0.124. The number of esters is 1. The van der Waals surface area contributed by atoms with E-state index in [0.29, 0.717) is 16.9 Å². The Bertz CT molecular complexity index is 1920. The second-order valence-corrected chi connectivity index (χ2v) is 15.5. The fraction of sp³-hybridized carbons (Fsp3) is 0.390. The molecule has 3 amide bonds. The third-order valence-electron chi connectivity index (χ3n) is 10.4. The van der Waals surface area contributed by atoms with Crippen LogP contribution in [0.2, 0.25) is 0 Å². The van der Waals surface area contributed by atoms with Crippen LogP contribution in [0.3, 0.4) is 0 Å². The quantitative estimate of drug-likeness (QED) is 0.105. The number of alkyl carbamates (subject to hydrolysis) is 1. The lowest BCUT2D eigenvalue weighted by atomic mass is 9.48. The van der Waals surface area contributed by atoms with Crippen molar-refractivity contribution >= 4 is 34.8 Å². The Balaban J connectivity index is 1.06. The molecule has 1 aromatic heterocycles. The number of nitrogens with zero attached hydrogens (tertiary/aromatic N) is 1. The maximum atomic E-state index is 13.6. The summed E-state index contributed by atoms with van der Waals surface area (Å²) in [5.74, 6) is 0.848. The molecule has 264 valence electrons. The predicted octanol–water partition coefficient (Wildman–Crippen LogP) is 6.82. The molecule has 4 bridgehead atoms. The third kappa shape index (κ3) is 7.75. The Hall–Kier alpha value is -5.25. The van der Waals surface area contributed by atoms with Gasteiger partial charge in [-0.25, -0.2) is 14.6 Å². The lowest BCUT2D eigenvalue weighted by Crippen LogP contribution is -2.54. The van der Waals surface area contributed by atoms with Gasteiger partial charge in [0, 0.05) is 11.8 Å². The van der Waals surface area contributed by atoms with Gasteiger partial charge in [-0.3, -0.25) is 20.4 Å². The van der Waals surface area contributed by atoms with E-state index in [-0.39, 0.29) is 17.5 Å². The number of ether oxygens (including phenoxy) is 2. The van der Waals surface area contributed by atoms with E-state index in [0.717, 1.165) is 47.9 Å². The van der Waals surface area contributed by atoms with Crippen LogP contribution in [0.4, 0.5) is 4.79 Å². The van der Waals surface area contributed by atoms with Crippen LogP contribution >= 0.6 is 0 Å². The van der Waals surface area contributed by atoms with E-state index >= 15 is 0 Å². The fourth-order valence-corrected chi connectivity index (χ4v) is 8.77. The fourth-order valence-electron chi connectivity index (χ4n) is 8.77. The predicted molar refractivity (Wildman–Crippen MR) is 192 cm³/mol. The van der Waals surface area contributed by atoms with E-state index in [9.17, 15) is 19.2 Å². The first-order chi connectivity index (χ1) is 24.4. The lowest BCUT2D eigenvalue weighted by Gasteiger charge is -2.57. The van der Waals surface area contributed by atoms with Crippen molar-refractivity contribution in [2.24, 2.45) is 17.8 Å². The minimum atomic E-state index is -1.11. The van der Waals surface area contributed by atoms with E-state index in [1.165, 1.54) is 24.8 Å². The smallest absolute Gasteiger partial charge is 0.408 e. The summed E-state index contributed by atoms with van der Waals surface area (Å²) in [4.78, 5) is 57.2. The number of hydrogen-bond acceptors (Lipinski definition) is 7. The molecule has 4 saturated carbocycles. The molecule has 4 aliphatic carbocycles. The van der Waals surface area contributed by atoms with Crippen LogP contribution in [-0.2, 0) is 21.4 Å². The SMILES string of the molecule is CC(C)(C)OC(=O)N[C@@H](Cc1ccc(OC(=O)c2ccccc2)cc1)C(=O)NNC(=O)c1cc(C23CC4CC(CC(C4)C2)C3)c2ccccc2n1. The summed E-state index contributed by atoms with van der Waals surface area (Å²) in [7, 11) is 0. The van der Waals surface area contributed by atoms with Gasteiger partial charge in [0.1, 0.15) is 23.1 Å². The monoisotopic (exact) mass is 688 g/mol. The minimum Gasteiger partial charge on any atom is -0.444 e. The van der Waals surface area contributed by atoms with Gasteiger partial charge in [-0.15, -0.1) is 0 Å². The summed E-state index contributed by atoms with van der Waals surface area (Å²) < 4.78 is 10.9. The molecule has 0 aliphatic heterocycles. The van der Waals surface area contributed by atoms with Crippen LogP contribution < -0.4 is 20.9 Å². The van der Waals surface area contributed by atoms with Gasteiger partial charge in [0.2, 0.25) is 0 Å². The molecule has 3 N–H and O–H groups in total. The zero-order chi connectivity index (χ0) is 35.8. The zero-order valence-corrected chi connectivity index (χ0v) is 29.2. The Morgan fingerprint density at radius 1 is 0.824 bits per heavy atom. The standard InChI is InChI=1S/C41H44N4O6/c1-40(2,3)51-39(49)43-34(20-25-13-15-30(16-14-25)50-38(48)29-9-5-4-6-10-29)36(46)44-45-37(47)35-21-32(31-11-7-8-12-33(31)42-35)41-22-26-17-27(23-41)19-28(18-26)24-41/h4-16,21,26-28,34H,17-20,22-24H2,1-3H3,(H,43,49)(H,44,46)(H,45,47)/t26?,27?,28?,34-,41?/m0/s1. The molecule has 4 fully saturated rings. The van der Waals surface area contributed by atoms with Gasteiger partial charge in [-0.1, -0.05) is 48.5 Å². The number of fused-ring (bicyclic) bond motifs is 1. The summed E-state index contributed by atoms with van der Waals surface area (Å²) in [6.07, 6.45) is 6.64. The molecular formula is C41H44N4O6. The van der Waals surface area contributed by atoms with Crippen molar-refractivity contribution in [1.29, 1.82) is 0 Å². The van der Waals surface area contributed by atoms with E-state index in [1.807, 2.05) is 30.3 Å². The molecular weight excluding hydrogens is 644 g/mol. The van der Waals surface area contributed by atoms with Gasteiger partial charge >= 0.3 is 12.1 Å². The average molecular weight is 689 g/mol. The van der Waals surface area contributed by atoms with Gasteiger partial charge < -0.3 is 14.8 Å². The number of carbonyl (C=O) groups is 4. The van der Waals surface area contributed by atoms with E-state index in [2.05, 4.69) is 22.2 Å². The highest BCUT2D eigenvalue weighted by Gasteiger charge is 2.52. The summed E-state index contributed by atoms with van der Waals surface area (Å²) in [5.41, 5.74) is 7.57. The van der Waals surface area contributed by atoms with Crippen molar-refractivity contribution in [3.63, 3.8) is 0 Å². The number of nitrogens with one attached hydrogen (secondary N) is 3. The van der Waals surface area contributed by atoms with Crippen molar-refractivity contribution < 1.29 is 28.7 Å². The van der Waals surface area contributed by atoms with Crippen LogP contribution in [0.15, 0.2) is 84.9 Å². The van der Waals surface area contributed by atoms with Gasteiger partial charge in [0.05, 0.1) is 11.1 Å². The van der Waals surface area contributed by atoms with Gasteiger partial charge in [-0.05, 0) is 130 Å². The average Bonchev–Trinajstić information content (AvgIpc) is 3.09. The molecule has 10 heteroatoms. The molecule has 0 radical (unpaired) electrons. The molecule has 0 unspecified atom stereocenters. The number of benzene rings is 3. The zero-order valence-electron chi connectivity index (χ0n) is 29.2. The van der Waals surface area contributed by atoms with Crippen LogP contribution in [-0.4, -0.2) is 40.5 Å². The molecule has 4 aliphatic rings. The first-order valence-corrected chi connectivity index (χ1v) is 17.8. The second kappa shape index (κ2) is 13.8. The van der Waals surface area contributed by atoms with Gasteiger partial charge in [-0.2, -0.15) is 0 Å². The number of amides is 3. The van der Waals surface area contributed by atoms with Crippen LogP contribution in [0.1, 0.15) is 91.3 Å². The number of aromatic nitrogens is 1. The molecule has 0 spiro atoms. The number of pyridine rings is 1. The number of para-hydroxylation sites is 1. The Morgan fingerprint density at radius 2 is 1.45 bits per heavy atom. The molecule has 0 saturated heterocycles. The summed E-state index contributed by atoms with van der Waals surface area (Å²) >= 11 is 0. The van der Waals surface area contributed by atoms with Crippen molar-refractivity contribution in [2.45, 2.75) is 82.8 Å². The first kappa shape index (κ1) is 34.2. The summed E-state index contributed by atoms with van der Waals surface area (Å²) in [5, 5.41) is 3.72. The molecule has 1 atom stereocenters. The molecule has 3 aromatic carbocycles. The molecule has 10 nitrogen and oxygen atoms in total. The van der Waals surface area contributed by atoms with Crippen molar-refractivity contribution in [3.05, 3.63) is 107 Å². The van der Waals surface area contributed by atoms with E-state index in [1.54, 1.807) is 69.3 Å². The Morgan fingerprint density at radius 3 is 2.10 bits per heavy atom. The molecule has 51 heavy (non-hydrogen) atoms. The summed E-state index contributed by atoms with van der Waals surface area (Å²) in [6.45, 7) is 5.18. The maximum Gasteiger partial charge on any atom is 0.408 e. The number of carbonyl (C=O) groups excluding carboxylic acids is 4. The van der Waals surface area contributed by atoms with Crippen molar-refractivity contribution in [2.75, 3.05) is 0 Å². The Kier molecular flexibility index (Phi) is 9.26. The highest BCUT2D eigenvalue weighted by atomic mass is 16.6. The van der Waals surface area contributed by atoms with Crippen LogP contribution in [0.5, 0.6) is 5.75 Å². The second-order valence-electron chi connectivity index (χ2n) is 15.5. The molecule has 4 aromatic rings.